The number of hydrogen-bond acceptors (Lipinski definition) is 4. The number of para-hydroxylation sites is 1. The number of nitrogens with zero attached hydrogens (tertiary/aromatic N) is 3. The molecule has 0 spiro atoms. The first kappa shape index (κ1) is 21.5. The molecule has 0 saturated carbocycles. The first-order valence-electron chi connectivity index (χ1n) is 10.8. The molecule has 2 aromatic carbocycles. The van der Waals surface area contributed by atoms with E-state index in [9.17, 15) is 14.4 Å². The lowest BCUT2D eigenvalue weighted by Crippen LogP contribution is -2.43. The zero-order chi connectivity index (χ0) is 22.5. The fraction of sp³-hybridized carbons (Fsp3) is 0.280. The third-order valence-electron chi connectivity index (χ3n) is 5.80. The fourth-order valence-electron chi connectivity index (χ4n) is 4.01. The number of nitrogens with one attached hydrogen (secondary N) is 1. The van der Waals surface area contributed by atoms with Gasteiger partial charge in [-0.3, -0.25) is 14.4 Å². The number of aromatic amines is 1. The van der Waals surface area contributed by atoms with E-state index in [4.69, 9.17) is 0 Å². The number of benzene rings is 2. The van der Waals surface area contributed by atoms with E-state index in [0.717, 1.165) is 5.56 Å². The summed E-state index contributed by atoms with van der Waals surface area (Å²) in [7, 11) is 1.72. The van der Waals surface area contributed by atoms with Gasteiger partial charge in [0, 0.05) is 32.1 Å². The van der Waals surface area contributed by atoms with Crippen molar-refractivity contribution < 1.29 is 9.59 Å². The Morgan fingerprint density at radius 2 is 1.78 bits per heavy atom. The molecule has 1 aromatic heterocycles. The van der Waals surface area contributed by atoms with Crippen LogP contribution in [0.4, 0.5) is 0 Å². The predicted molar refractivity (Wildman–Crippen MR) is 124 cm³/mol. The summed E-state index contributed by atoms with van der Waals surface area (Å²) in [5, 5.41) is 0.531. The van der Waals surface area contributed by atoms with Crippen molar-refractivity contribution in [3.8, 4) is 0 Å². The summed E-state index contributed by atoms with van der Waals surface area (Å²) in [5.41, 5.74) is 1.39. The quantitative estimate of drug-likeness (QED) is 0.631. The van der Waals surface area contributed by atoms with Crippen LogP contribution in [0.3, 0.4) is 0 Å². The maximum atomic E-state index is 12.9. The van der Waals surface area contributed by atoms with Gasteiger partial charge in [0.15, 0.2) is 0 Å². The Balaban J connectivity index is 1.32. The minimum absolute atomic E-state index is 0.00716. The average Bonchev–Trinajstić information content (AvgIpc) is 2.83. The lowest BCUT2D eigenvalue weighted by atomic mass is 9.95. The van der Waals surface area contributed by atoms with Crippen LogP contribution in [-0.2, 0) is 16.1 Å². The van der Waals surface area contributed by atoms with Crippen molar-refractivity contribution in [1.82, 2.24) is 19.8 Å². The van der Waals surface area contributed by atoms with Crippen LogP contribution in [0.5, 0.6) is 0 Å². The van der Waals surface area contributed by atoms with Gasteiger partial charge in [-0.25, -0.2) is 4.98 Å². The largest absolute Gasteiger partial charge is 0.339 e. The minimum Gasteiger partial charge on any atom is -0.339 e. The Hall–Kier alpha value is -3.74. The van der Waals surface area contributed by atoms with E-state index in [-0.39, 0.29) is 29.8 Å². The van der Waals surface area contributed by atoms with Crippen molar-refractivity contribution in [2.24, 2.45) is 5.92 Å². The highest BCUT2D eigenvalue weighted by Gasteiger charge is 2.28. The molecule has 4 rings (SSSR count). The van der Waals surface area contributed by atoms with Gasteiger partial charge in [-0.15, -0.1) is 0 Å². The van der Waals surface area contributed by atoms with Crippen LogP contribution in [0.25, 0.3) is 17.0 Å². The molecule has 2 amide bonds. The van der Waals surface area contributed by atoms with Crippen LogP contribution in [0.2, 0.25) is 0 Å². The Kier molecular flexibility index (Phi) is 6.44. The molecule has 0 aliphatic carbocycles. The monoisotopic (exact) mass is 430 g/mol. The average molecular weight is 431 g/mol. The molecule has 1 aliphatic heterocycles. The van der Waals surface area contributed by atoms with Crippen molar-refractivity contribution in [3.63, 3.8) is 0 Å². The van der Waals surface area contributed by atoms with Gasteiger partial charge in [0.1, 0.15) is 5.82 Å². The van der Waals surface area contributed by atoms with Crippen LogP contribution in [0.1, 0.15) is 24.2 Å². The highest BCUT2D eigenvalue weighted by atomic mass is 16.2. The summed E-state index contributed by atoms with van der Waals surface area (Å²) in [4.78, 5) is 48.3. The van der Waals surface area contributed by atoms with Crippen molar-refractivity contribution in [2.45, 2.75) is 19.4 Å². The third kappa shape index (κ3) is 4.94. The number of likely N-dealkylation sites (tertiary alicyclic amines) is 1. The number of H-pyrrole nitrogens is 1. The molecule has 3 aromatic rings. The van der Waals surface area contributed by atoms with Crippen molar-refractivity contribution in [1.29, 1.82) is 0 Å². The molecule has 0 atom stereocenters. The summed E-state index contributed by atoms with van der Waals surface area (Å²) in [5.74, 6) is 0.288. The Morgan fingerprint density at radius 1 is 1.09 bits per heavy atom. The molecule has 1 N–H and O–H groups in total. The van der Waals surface area contributed by atoms with Gasteiger partial charge in [0.2, 0.25) is 11.8 Å². The maximum absolute atomic E-state index is 12.9. The number of amides is 2. The predicted octanol–water partition coefficient (Wildman–Crippen LogP) is 2.83. The van der Waals surface area contributed by atoms with Gasteiger partial charge in [0.25, 0.3) is 5.56 Å². The fourth-order valence-corrected chi connectivity index (χ4v) is 4.01. The summed E-state index contributed by atoms with van der Waals surface area (Å²) < 4.78 is 0. The smallest absolute Gasteiger partial charge is 0.258 e. The summed E-state index contributed by atoms with van der Waals surface area (Å²) in [6, 6.07) is 16.8. The Bertz CT molecular complexity index is 1190. The van der Waals surface area contributed by atoms with Crippen LogP contribution in [0, 0.1) is 5.92 Å². The number of fused-ring (bicyclic) bond motifs is 1. The number of rotatable bonds is 5. The van der Waals surface area contributed by atoms with E-state index in [2.05, 4.69) is 9.97 Å². The minimum atomic E-state index is -0.207. The molecule has 7 heteroatoms. The second kappa shape index (κ2) is 9.60. The number of aromatic nitrogens is 2. The van der Waals surface area contributed by atoms with Gasteiger partial charge in [-0.2, -0.15) is 0 Å². The molecule has 1 fully saturated rings. The van der Waals surface area contributed by atoms with E-state index in [0.29, 0.717) is 42.7 Å². The van der Waals surface area contributed by atoms with E-state index >= 15 is 0 Å². The Morgan fingerprint density at radius 3 is 2.53 bits per heavy atom. The first-order valence-corrected chi connectivity index (χ1v) is 10.8. The summed E-state index contributed by atoms with van der Waals surface area (Å²) in [6.45, 7) is 1.33. The molecule has 2 heterocycles. The zero-order valence-electron chi connectivity index (χ0n) is 18.0. The second-order valence-corrected chi connectivity index (χ2v) is 8.07. The molecule has 0 unspecified atom stereocenters. The zero-order valence-corrected chi connectivity index (χ0v) is 18.0. The molecule has 1 aliphatic rings. The highest BCUT2D eigenvalue weighted by molar-refractivity contribution is 5.92. The van der Waals surface area contributed by atoms with Gasteiger partial charge in [-0.1, -0.05) is 42.5 Å². The maximum Gasteiger partial charge on any atom is 0.258 e. The van der Waals surface area contributed by atoms with Crippen LogP contribution in [0.15, 0.2) is 65.5 Å². The normalized spacial score (nSPS) is 14.7. The van der Waals surface area contributed by atoms with Gasteiger partial charge in [0.05, 0.1) is 17.4 Å². The topological polar surface area (TPSA) is 86.4 Å². The van der Waals surface area contributed by atoms with Gasteiger partial charge < -0.3 is 14.8 Å². The van der Waals surface area contributed by atoms with Crippen LogP contribution >= 0.6 is 0 Å². The summed E-state index contributed by atoms with van der Waals surface area (Å²) in [6.07, 6.45) is 4.64. The molecule has 164 valence electrons. The second-order valence-electron chi connectivity index (χ2n) is 8.07. The first-order chi connectivity index (χ1) is 15.5. The van der Waals surface area contributed by atoms with E-state index in [1.807, 2.05) is 42.5 Å². The number of carbonyl (C=O) groups is 2. The molecule has 1 saturated heterocycles. The SMILES string of the molecule is CN(Cc1nc2ccccc2c(=O)[nH]1)C(=O)C1CCN(C(=O)/C=C/c2ccccc2)CC1. The molecule has 7 nitrogen and oxygen atoms in total. The molecule has 0 radical (unpaired) electrons. The van der Waals surface area contributed by atoms with Gasteiger partial charge >= 0.3 is 0 Å². The number of carbonyl (C=O) groups excluding carboxylic acids is 2. The molecule has 0 bridgehead atoms. The van der Waals surface area contributed by atoms with E-state index in [1.165, 1.54) is 0 Å². The summed E-state index contributed by atoms with van der Waals surface area (Å²) >= 11 is 0. The third-order valence-corrected chi connectivity index (χ3v) is 5.80. The lowest BCUT2D eigenvalue weighted by molar-refractivity contribution is -0.138. The van der Waals surface area contributed by atoms with Crippen molar-refractivity contribution in [3.05, 3.63) is 82.4 Å². The van der Waals surface area contributed by atoms with E-state index < -0.39 is 0 Å². The molecular weight excluding hydrogens is 404 g/mol. The van der Waals surface area contributed by atoms with Crippen LogP contribution in [-0.4, -0.2) is 51.7 Å². The standard InChI is InChI=1S/C25H26N4O3/c1-28(17-22-26-21-10-6-5-9-20(21)24(31)27-22)25(32)19-13-15-29(16-14-19)23(30)12-11-18-7-3-2-4-8-18/h2-12,19H,13-17H2,1H3,(H,26,27,31)/b12-11+. The number of piperidine rings is 1. The van der Waals surface area contributed by atoms with Crippen molar-refractivity contribution in [2.75, 3.05) is 20.1 Å². The van der Waals surface area contributed by atoms with Crippen molar-refractivity contribution >= 4 is 28.8 Å². The lowest BCUT2D eigenvalue weighted by Gasteiger charge is -2.32. The Labute approximate surface area is 186 Å². The van der Waals surface area contributed by atoms with E-state index in [1.54, 1.807) is 41.1 Å². The number of hydrogen-bond donors (Lipinski definition) is 1. The highest BCUT2D eigenvalue weighted by Crippen LogP contribution is 2.20. The molecular formula is C25H26N4O3. The van der Waals surface area contributed by atoms with Crippen LogP contribution < -0.4 is 5.56 Å². The molecule has 32 heavy (non-hydrogen) atoms. The van der Waals surface area contributed by atoms with Gasteiger partial charge in [-0.05, 0) is 36.6 Å².